The highest BCUT2D eigenvalue weighted by molar-refractivity contribution is 5.89. The molecule has 0 aromatic carbocycles. The molecule has 136 valence electrons. The third-order valence-corrected chi connectivity index (χ3v) is 3.41. The number of Topliss-reactive ketones (excluding diaryl/α,β-unsaturated/α-hetero) is 2. The Bertz CT molecular complexity index is 475. The highest BCUT2D eigenvalue weighted by Gasteiger charge is 2.20. The van der Waals surface area contributed by atoms with Gasteiger partial charge in [0.05, 0.1) is 0 Å². The minimum Gasteiger partial charge on any atom is -0.480 e. The monoisotopic (exact) mass is 342 g/mol. The molecule has 0 aromatic heterocycles. The molecule has 1 unspecified atom stereocenters. The second-order valence-corrected chi connectivity index (χ2v) is 5.50. The van der Waals surface area contributed by atoms with E-state index in [1.54, 1.807) is 6.92 Å². The average Bonchev–Trinajstić information content (AvgIpc) is 2.54. The molecular weight excluding hydrogens is 316 g/mol. The SMILES string of the molecule is CCCC(=O)NC(CCC(=O)CCC(=O)CCC(=O)NC)C(=O)O. The fraction of sp³-hybridized carbons (Fsp3) is 0.688. The maximum absolute atomic E-state index is 11.7. The second-order valence-electron chi connectivity index (χ2n) is 5.50. The van der Waals surface area contributed by atoms with Gasteiger partial charge in [0.15, 0.2) is 0 Å². The standard InChI is InChI=1S/C16H26N2O6/c1-3-4-15(22)18-13(16(23)24)9-7-11(19)5-6-12(20)8-10-14(21)17-2/h13H,3-10H2,1-2H3,(H,17,21)(H,18,22)(H,23,24). The van der Waals surface area contributed by atoms with Crippen LogP contribution in [0.15, 0.2) is 0 Å². The van der Waals surface area contributed by atoms with Crippen LogP contribution in [0, 0.1) is 0 Å². The lowest BCUT2D eigenvalue weighted by atomic mass is 10.0. The number of hydrogen-bond acceptors (Lipinski definition) is 5. The van der Waals surface area contributed by atoms with Gasteiger partial charge in [-0.2, -0.15) is 0 Å². The van der Waals surface area contributed by atoms with Crippen LogP contribution in [0.2, 0.25) is 0 Å². The lowest BCUT2D eigenvalue weighted by Gasteiger charge is -2.13. The zero-order chi connectivity index (χ0) is 18.5. The molecule has 8 heteroatoms. The number of hydrogen-bond donors (Lipinski definition) is 3. The third-order valence-electron chi connectivity index (χ3n) is 3.41. The number of rotatable bonds is 13. The molecule has 2 amide bonds. The molecule has 0 rings (SSSR count). The van der Waals surface area contributed by atoms with Gasteiger partial charge in [-0.05, 0) is 12.8 Å². The normalized spacial score (nSPS) is 11.4. The van der Waals surface area contributed by atoms with Gasteiger partial charge in [-0.25, -0.2) is 4.79 Å². The maximum Gasteiger partial charge on any atom is 0.326 e. The smallest absolute Gasteiger partial charge is 0.326 e. The summed E-state index contributed by atoms with van der Waals surface area (Å²) < 4.78 is 0. The van der Waals surface area contributed by atoms with Gasteiger partial charge in [-0.15, -0.1) is 0 Å². The summed E-state index contributed by atoms with van der Waals surface area (Å²) in [6, 6.07) is -1.10. The van der Waals surface area contributed by atoms with E-state index in [9.17, 15) is 24.0 Å². The molecule has 0 radical (unpaired) electrons. The van der Waals surface area contributed by atoms with Gasteiger partial charge in [0.2, 0.25) is 11.8 Å². The predicted octanol–water partition coefficient (Wildman–Crippen LogP) is 0.581. The fourth-order valence-corrected chi connectivity index (χ4v) is 1.96. The Balaban J connectivity index is 4.12. The van der Waals surface area contributed by atoms with E-state index in [4.69, 9.17) is 5.11 Å². The Hall–Kier alpha value is -2.25. The number of amides is 2. The van der Waals surface area contributed by atoms with Gasteiger partial charge in [0.25, 0.3) is 0 Å². The summed E-state index contributed by atoms with van der Waals surface area (Å²) in [5, 5.41) is 13.8. The molecule has 0 saturated carbocycles. The molecule has 0 fully saturated rings. The van der Waals surface area contributed by atoms with E-state index in [-0.39, 0.29) is 68.3 Å². The molecular formula is C16H26N2O6. The second kappa shape index (κ2) is 12.2. The first-order valence-electron chi connectivity index (χ1n) is 8.06. The summed E-state index contributed by atoms with van der Waals surface area (Å²) in [5.41, 5.74) is 0. The van der Waals surface area contributed by atoms with Crippen molar-refractivity contribution in [3.63, 3.8) is 0 Å². The van der Waals surface area contributed by atoms with Gasteiger partial charge >= 0.3 is 5.97 Å². The van der Waals surface area contributed by atoms with Crippen LogP contribution in [0.3, 0.4) is 0 Å². The molecule has 0 heterocycles. The summed E-state index contributed by atoms with van der Waals surface area (Å²) in [6.45, 7) is 1.81. The molecule has 0 aliphatic rings. The summed E-state index contributed by atoms with van der Waals surface area (Å²) in [5.74, 6) is -2.20. The number of carboxylic acids is 1. The topological polar surface area (TPSA) is 130 Å². The van der Waals surface area contributed by atoms with Crippen molar-refractivity contribution in [1.29, 1.82) is 0 Å². The van der Waals surface area contributed by atoms with Crippen LogP contribution < -0.4 is 10.6 Å². The Morgan fingerprint density at radius 2 is 1.38 bits per heavy atom. The largest absolute Gasteiger partial charge is 0.480 e. The quantitative estimate of drug-likeness (QED) is 0.449. The van der Waals surface area contributed by atoms with Crippen molar-refractivity contribution < 1.29 is 29.1 Å². The third kappa shape index (κ3) is 10.5. The summed E-state index contributed by atoms with van der Waals surface area (Å²) >= 11 is 0. The minimum atomic E-state index is -1.19. The maximum atomic E-state index is 11.7. The summed E-state index contributed by atoms with van der Waals surface area (Å²) in [4.78, 5) is 56.8. The first kappa shape index (κ1) is 21.8. The van der Waals surface area contributed by atoms with Crippen LogP contribution in [0.25, 0.3) is 0 Å². The Morgan fingerprint density at radius 1 is 0.833 bits per heavy atom. The predicted molar refractivity (Wildman–Crippen MR) is 86.3 cm³/mol. The number of carboxylic acid groups (broad SMARTS) is 1. The van der Waals surface area contributed by atoms with Crippen LogP contribution >= 0.6 is 0 Å². The van der Waals surface area contributed by atoms with E-state index < -0.39 is 12.0 Å². The highest BCUT2D eigenvalue weighted by Crippen LogP contribution is 2.06. The van der Waals surface area contributed by atoms with Crippen LogP contribution in [0.4, 0.5) is 0 Å². The van der Waals surface area contributed by atoms with E-state index in [0.717, 1.165) is 0 Å². The number of carbonyl (C=O) groups excluding carboxylic acids is 4. The van der Waals surface area contributed by atoms with Gasteiger partial charge in [-0.1, -0.05) is 6.92 Å². The molecule has 0 spiro atoms. The molecule has 1 atom stereocenters. The molecule has 0 aliphatic heterocycles. The van der Waals surface area contributed by atoms with Gasteiger partial charge in [0, 0.05) is 45.6 Å². The molecule has 8 nitrogen and oxygen atoms in total. The van der Waals surface area contributed by atoms with Gasteiger partial charge in [0.1, 0.15) is 17.6 Å². The van der Waals surface area contributed by atoms with Crippen LogP contribution in [-0.4, -0.2) is 47.5 Å². The zero-order valence-electron chi connectivity index (χ0n) is 14.2. The van der Waals surface area contributed by atoms with E-state index in [1.807, 2.05) is 0 Å². The average molecular weight is 342 g/mol. The van der Waals surface area contributed by atoms with Crippen molar-refractivity contribution in [3.8, 4) is 0 Å². The van der Waals surface area contributed by atoms with Crippen molar-refractivity contribution in [2.75, 3.05) is 7.05 Å². The van der Waals surface area contributed by atoms with Gasteiger partial charge < -0.3 is 15.7 Å². The molecule has 24 heavy (non-hydrogen) atoms. The van der Waals surface area contributed by atoms with E-state index in [0.29, 0.717) is 6.42 Å². The van der Waals surface area contributed by atoms with Crippen molar-refractivity contribution in [1.82, 2.24) is 10.6 Å². The van der Waals surface area contributed by atoms with Crippen molar-refractivity contribution in [3.05, 3.63) is 0 Å². The van der Waals surface area contributed by atoms with E-state index in [2.05, 4.69) is 10.6 Å². The lowest BCUT2D eigenvalue weighted by Crippen LogP contribution is -2.40. The number of aliphatic carboxylic acids is 1. The van der Waals surface area contributed by atoms with Crippen LogP contribution in [0.1, 0.15) is 58.3 Å². The van der Waals surface area contributed by atoms with Crippen molar-refractivity contribution in [2.45, 2.75) is 64.3 Å². The first-order valence-corrected chi connectivity index (χ1v) is 8.06. The molecule has 0 aliphatic carbocycles. The van der Waals surface area contributed by atoms with Crippen molar-refractivity contribution >= 4 is 29.4 Å². The van der Waals surface area contributed by atoms with E-state index in [1.165, 1.54) is 7.05 Å². The fourth-order valence-electron chi connectivity index (χ4n) is 1.96. The number of ketones is 2. The highest BCUT2D eigenvalue weighted by atomic mass is 16.4. The minimum absolute atomic E-state index is 0.00392. The zero-order valence-corrected chi connectivity index (χ0v) is 14.2. The Morgan fingerprint density at radius 3 is 1.88 bits per heavy atom. The van der Waals surface area contributed by atoms with E-state index >= 15 is 0 Å². The van der Waals surface area contributed by atoms with Gasteiger partial charge in [-0.3, -0.25) is 19.2 Å². The molecule has 0 bridgehead atoms. The Labute approximate surface area is 141 Å². The molecule has 0 aromatic rings. The Kier molecular flexibility index (Phi) is 11.1. The molecule has 3 N–H and O–H groups in total. The number of carbonyl (C=O) groups is 5. The van der Waals surface area contributed by atoms with Crippen LogP contribution in [0.5, 0.6) is 0 Å². The molecule has 0 saturated heterocycles. The van der Waals surface area contributed by atoms with Crippen molar-refractivity contribution in [2.24, 2.45) is 0 Å². The van der Waals surface area contributed by atoms with Crippen LogP contribution in [-0.2, 0) is 24.0 Å². The summed E-state index contributed by atoms with van der Waals surface area (Å²) in [6.07, 6.45) is 1.04. The number of nitrogens with one attached hydrogen (secondary N) is 2. The summed E-state index contributed by atoms with van der Waals surface area (Å²) in [7, 11) is 1.48. The lowest BCUT2D eigenvalue weighted by molar-refractivity contribution is -0.142. The first-order chi connectivity index (χ1) is 11.3.